The number of rotatable bonds is 7. The molecule has 3 aromatic heterocycles. The highest BCUT2D eigenvalue weighted by Crippen LogP contribution is 2.24. The van der Waals surface area contributed by atoms with Gasteiger partial charge in [-0.15, -0.1) is 10.2 Å². The second kappa shape index (κ2) is 8.09. The third kappa shape index (κ3) is 4.20. The Morgan fingerprint density at radius 2 is 2.04 bits per heavy atom. The Balaban J connectivity index is 1.35. The molecule has 1 unspecified atom stereocenters. The molecule has 0 aliphatic carbocycles. The number of hydrogen-bond acceptors (Lipinski definition) is 7. The van der Waals surface area contributed by atoms with Crippen LogP contribution in [-0.2, 0) is 11.3 Å². The first-order valence-electron chi connectivity index (χ1n) is 9.02. The molecular formula is C18H21N7O2. The van der Waals surface area contributed by atoms with E-state index in [9.17, 15) is 4.79 Å². The summed E-state index contributed by atoms with van der Waals surface area (Å²) in [4.78, 5) is 19.9. The molecule has 1 amide bonds. The van der Waals surface area contributed by atoms with Crippen LogP contribution in [0.5, 0.6) is 0 Å². The van der Waals surface area contributed by atoms with Crippen molar-refractivity contribution in [2.75, 3.05) is 19.6 Å². The molecule has 1 N–H and O–H groups in total. The maximum Gasteiger partial charge on any atom is 0.243 e. The fourth-order valence-electron chi connectivity index (χ4n) is 3.27. The zero-order valence-electron chi connectivity index (χ0n) is 14.9. The summed E-state index contributed by atoms with van der Waals surface area (Å²) in [6.45, 7) is 2.53. The van der Waals surface area contributed by atoms with E-state index in [-0.39, 0.29) is 18.5 Å². The van der Waals surface area contributed by atoms with E-state index < -0.39 is 0 Å². The van der Waals surface area contributed by atoms with Gasteiger partial charge < -0.3 is 9.73 Å². The maximum atomic E-state index is 12.3. The molecule has 1 aliphatic rings. The monoisotopic (exact) mass is 367 g/mol. The molecule has 0 spiro atoms. The molecule has 9 nitrogen and oxygen atoms in total. The molecule has 0 aromatic carbocycles. The van der Waals surface area contributed by atoms with Crippen LogP contribution in [0.3, 0.4) is 0 Å². The van der Waals surface area contributed by atoms with Crippen LogP contribution in [0.2, 0.25) is 0 Å². The van der Waals surface area contributed by atoms with Gasteiger partial charge in [0.1, 0.15) is 12.3 Å². The Morgan fingerprint density at radius 3 is 2.78 bits per heavy atom. The highest BCUT2D eigenvalue weighted by molar-refractivity contribution is 5.75. The normalized spacial score (nSPS) is 15.7. The Kier molecular flexibility index (Phi) is 5.20. The lowest BCUT2D eigenvalue weighted by atomic mass is 10.2. The zero-order chi connectivity index (χ0) is 18.5. The van der Waals surface area contributed by atoms with Crippen LogP contribution >= 0.6 is 0 Å². The van der Waals surface area contributed by atoms with Gasteiger partial charge in [-0.2, -0.15) is 4.80 Å². The first-order valence-corrected chi connectivity index (χ1v) is 9.02. The van der Waals surface area contributed by atoms with Crippen LogP contribution in [0.25, 0.3) is 11.4 Å². The minimum Gasteiger partial charge on any atom is -0.468 e. The SMILES string of the molecule is O=C(Cn1nnc(-c2ccncc2)n1)NCC(c1ccco1)N1CCCC1. The van der Waals surface area contributed by atoms with Gasteiger partial charge in [0.15, 0.2) is 0 Å². The Morgan fingerprint density at radius 1 is 1.22 bits per heavy atom. The van der Waals surface area contributed by atoms with Gasteiger partial charge in [-0.3, -0.25) is 14.7 Å². The molecule has 1 atom stereocenters. The molecule has 27 heavy (non-hydrogen) atoms. The second-order valence-corrected chi connectivity index (χ2v) is 6.46. The first-order chi connectivity index (χ1) is 13.3. The summed E-state index contributed by atoms with van der Waals surface area (Å²) in [5.74, 6) is 1.18. The Bertz CT molecular complexity index is 857. The molecule has 1 fully saturated rings. The predicted octanol–water partition coefficient (Wildman–Crippen LogP) is 1.28. The van der Waals surface area contributed by atoms with Gasteiger partial charge in [-0.05, 0) is 55.4 Å². The third-order valence-electron chi connectivity index (χ3n) is 4.62. The lowest BCUT2D eigenvalue weighted by Gasteiger charge is -2.25. The molecule has 140 valence electrons. The van der Waals surface area contributed by atoms with E-state index >= 15 is 0 Å². The quantitative estimate of drug-likeness (QED) is 0.671. The number of nitrogens with one attached hydrogen (secondary N) is 1. The molecule has 9 heteroatoms. The minimum atomic E-state index is -0.163. The smallest absolute Gasteiger partial charge is 0.243 e. The van der Waals surface area contributed by atoms with Gasteiger partial charge in [0.25, 0.3) is 0 Å². The number of amides is 1. The summed E-state index contributed by atoms with van der Waals surface area (Å²) in [7, 11) is 0. The summed E-state index contributed by atoms with van der Waals surface area (Å²) >= 11 is 0. The highest BCUT2D eigenvalue weighted by Gasteiger charge is 2.26. The summed E-state index contributed by atoms with van der Waals surface area (Å²) in [6.07, 6.45) is 7.34. The predicted molar refractivity (Wildman–Crippen MR) is 96.3 cm³/mol. The van der Waals surface area contributed by atoms with Crippen molar-refractivity contribution in [1.29, 1.82) is 0 Å². The van der Waals surface area contributed by atoms with Crippen molar-refractivity contribution < 1.29 is 9.21 Å². The number of carbonyl (C=O) groups is 1. The van der Waals surface area contributed by atoms with E-state index in [1.54, 1.807) is 30.8 Å². The second-order valence-electron chi connectivity index (χ2n) is 6.46. The van der Waals surface area contributed by atoms with Crippen LogP contribution < -0.4 is 5.32 Å². The van der Waals surface area contributed by atoms with E-state index in [2.05, 4.69) is 30.6 Å². The Labute approximate surface area is 156 Å². The molecule has 3 aromatic rings. The number of carbonyl (C=O) groups excluding carboxylic acids is 1. The van der Waals surface area contributed by atoms with Gasteiger partial charge in [0, 0.05) is 24.5 Å². The number of furan rings is 1. The molecule has 4 heterocycles. The summed E-state index contributed by atoms with van der Waals surface area (Å²) in [5.41, 5.74) is 0.809. The number of hydrogen-bond donors (Lipinski definition) is 1. The van der Waals surface area contributed by atoms with Crippen molar-refractivity contribution in [3.8, 4) is 11.4 Å². The van der Waals surface area contributed by atoms with Crippen molar-refractivity contribution in [2.24, 2.45) is 0 Å². The molecule has 0 radical (unpaired) electrons. The summed E-state index contributed by atoms with van der Waals surface area (Å²) in [6, 6.07) is 7.47. The number of aromatic nitrogens is 5. The molecule has 0 bridgehead atoms. The number of nitrogens with zero attached hydrogens (tertiary/aromatic N) is 6. The zero-order valence-corrected chi connectivity index (χ0v) is 14.9. The van der Waals surface area contributed by atoms with Gasteiger partial charge in [-0.1, -0.05) is 0 Å². The topological polar surface area (TPSA) is 102 Å². The van der Waals surface area contributed by atoms with Gasteiger partial charge in [-0.25, -0.2) is 0 Å². The summed E-state index contributed by atoms with van der Waals surface area (Å²) in [5, 5.41) is 15.2. The van der Waals surface area contributed by atoms with E-state index in [1.807, 2.05) is 12.1 Å². The van der Waals surface area contributed by atoms with Crippen molar-refractivity contribution >= 4 is 5.91 Å². The van der Waals surface area contributed by atoms with Crippen LogP contribution in [-0.4, -0.2) is 55.6 Å². The van der Waals surface area contributed by atoms with Gasteiger partial charge in [0.2, 0.25) is 11.7 Å². The fraction of sp³-hybridized carbons (Fsp3) is 0.389. The van der Waals surface area contributed by atoms with Gasteiger partial charge >= 0.3 is 0 Å². The van der Waals surface area contributed by atoms with Crippen molar-refractivity contribution in [3.05, 3.63) is 48.7 Å². The molecule has 4 rings (SSSR count). The van der Waals surface area contributed by atoms with E-state index in [1.165, 1.54) is 17.6 Å². The average molecular weight is 367 g/mol. The largest absolute Gasteiger partial charge is 0.468 e. The molecule has 0 saturated carbocycles. The minimum absolute atomic E-state index is 0.0168. The third-order valence-corrected chi connectivity index (χ3v) is 4.62. The standard InChI is InChI=1S/C18H21N7O2/c26-17(13-25-22-18(21-23-25)14-5-7-19-8-6-14)20-12-15(16-4-3-11-27-16)24-9-1-2-10-24/h3-8,11,15H,1-2,9-10,12-13H2,(H,20,26). The number of tetrazole rings is 1. The fourth-order valence-corrected chi connectivity index (χ4v) is 3.27. The maximum absolute atomic E-state index is 12.3. The molecule has 1 saturated heterocycles. The van der Waals surface area contributed by atoms with Crippen molar-refractivity contribution in [2.45, 2.75) is 25.4 Å². The van der Waals surface area contributed by atoms with Crippen molar-refractivity contribution in [3.63, 3.8) is 0 Å². The van der Waals surface area contributed by atoms with Crippen molar-refractivity contribution in [1.82, 2.24) is 35.4 Å². The Hall–Kier alpha value is -3.07. The number of pyridine rings is 1. The molecule has 1 aliphatic heterocycles. The van der Waals surface area contributed by atoms with E-state index in [0.717, 1.165) is 24.4 Å². The van der Waals surface area contributed by atoms with Crippen LogP contribution in [0.15, 0.2) is 47.3 Å². The highest BCUT2D eigenvalue weighted by atomic mass is 16.3. The first kappa shape index (κ1) is 17.3. The van der Waals surface area contributed by atoms with Gasteiger partial charge in [0.05, 0.1) is 12.3 Å². The van der Waals surface area contributed by atoms with Crippen LogP contribution in [0.1, 0.15) is 24.6 Å². The average Bonchev–Trinajstić information content (AvgIpc) is 3.46. The van der Waals surface area contributed by atoms with Crippen LogP contribution in [0, 0.1) is 0 Å². The number of likely N-dealkylation sites (tertiary alicyclic amines) is 1. The van der Waals surface area contributed by atoms with Crippen LogP contribution in [0.4, 0.5) is 0 Å². The lowest BCUT2D eigenvalue weighted by Crippen LogP contribution is -2.38. The molecular weight excluding hydrogens is 346 g/mol. The van der Waals surface area contributed by atoms with E-state index in [4.69, 9.17) is 4.42 Å². The van der Waals surface area contributed by atoms with E-state index in [0.29, 0.717) is 12.4 Å². The lowest BCUT2D eigenvalue weighted by molar-refractivity contribution is -0.122. The summed E-state index contributed by atoms with van der Waals surface area (Å²) < 4.78 is 5.57.